The van der Waals surface area contributed by atoms with Gasteiger partial charge in [-0.1, -0.05) is 45.4 Å². The molecule has 6 heteroatoms. The van der Waals surface area contributed by atoms with Gasteiger partial charge in [0, 0.05) is 6.42 Å². The maximum atomic E-state index is 13.5. The molecule has 4 nitrogen and oxygen atoms in total. The van der Waals surface area contributed by atoms with Gasteiger partial charge in [-0.2, -0.15) is 0 Å². The van der Waals surface area contributed by atoms with Crippen LogP contribution in [0.4, 0.5) is 4.39 Å². The lowest BCUT2D eigenvalue weighted by molar-refractivity contribution is 0.0758. The van der Waals surface area contributed by atoms with E-state index in [4.69, 9.17) is 0 Å². The average molecular weight is 331 g/mol. The Labute approximate surface area is 132 Å². The highest BCUT2D eigenvalue weighted by Crippen LogP contribution is 2.20. The van der Waals surface area contributed by atoms with Gasteiger partial charge in [-0.25, -0.2) is 17.5 Å². The Balaban J connectivity index is 2.94. The average Bonchev–Trinajstić information content (AvgIpc) is 2.52. The van der Waals surface area contributed by atoms with E-state index in [9.17, 15) is 17.9 Å². The van der Waals surface area contributed by atoms with Crippen LogP contribution in [0.5, 0.6) is 0 Å². The van der Waals surface area contributed by atoms with Crippen LogP contribution >= 0.6 is 0 Å². The van der Waals surface area contributed by atoms with Crippen LogP contribution in [0.3, 0.4) is 0 Å². The lowest BCUT2D eigenvalue weighted by atomic mass is 9.92. The van der Waals surface area contributed by atoms with E-state index in [1.807, 2.05) is 13.8 Å². The van der Waals surface area contributed by atoms with Crippen molar-refractivity contribution in [2.24, 2.45) is 5.92 Å². The molecule has 2 N–H and O–H groups in total. The summed E-state index contributed by atoms with van der Waals surface area (Å²) in [5.41, 5.74) is 0. The summed E-state index contributed by atoms with van der Waals surface area (Å²) < 4.78 is 40.9. The van der Waals surface area contributed by atoms with Crippen molar-refractivity contribution in [1.29, 1.82) is 0 Å². The molecule has 1 rings (SSSR count). The van der Waals surface area contributed by atoms with E-state index in [0.717, 1.165) is 0 Å². The predicted molar refractivity (Wildman–Crippen MR) is 85.8 cm³/mol. The van der Waals surface area contributed by atoms with E-state index in [-0.39, 0.29) is 17.2 Å². The van der Waals surface area contributed by atoms with Crippen LogP contribution in [0, 0.1) is 5.92 Å². The lowest BCUT2D eigenvalue weighted by Gasteiger charge is -2.29. The van der Waals surface area contributed by atoms with E-state index in [1.165, 1.54) is 12.1 Å². The molecule has 1 aromatic rings. The van der Waals surface area contributed by atoms with Gasteiger partial charge in [0.15, 0.2) is 0 Å². The molecule has 0 saturated carbocycles. The number of aliphatic hydroxyl groups excluding tert-OH is 1. The first-order valence-electron chi connectivity index (χ1n) is 7.71. The largest absolute Gasteiger partial charge is 0.391 e. The van der Waals surface area contributed by atoms with Crippen LogP contribution < -0.4 is 4.72 Å². The minimum absolute atomic E-state index is 0.0667. The molecule has 0 aromatic heterocycles. The molecule has 0 aliphatic rings. The SMILES string of the molecule is CCC(F)C[C@H](O)[C@@H](NS(=O)(=O)c1ccccc1)[C@@H](C)CC. The summed E-state index contributed by atoms with van der Waals surface area (Å²) in [5, 5.41) is 10.3. The molecule has 0 aliphatic heterocycles. The van der Waals surface area contributed by atoms with E-state index >= 15 is 0 Å². The molecule has 126 valence electrons. The zero-order valence-electron chi connectivity index (χ0n) is 13.4. The predicted octanol–water partition coefficient (Wildman–Crippen LogP) is 2.88. The summed E-state index contributed by atoms with van der Waals surface area (Å²) in [6, 6.07) is 7.28. The topological polar surface area (TPSA) is 66.4 Å². The fraction of sp³-hybridized carbons (Fsp3) is 0.625. The van der Waals surface area contributed by atoms with E-state index in [2.05, 4.69) is 4.72 Å². The summed E-state index contributed by atoms with van der Waals surface area (Å²) in [7, 11) is -3.73. The van der Waals surface area contributed by atoms with E-state index < -0.39 is 28.3 Å². The molecule has 0 fully saturated rings. The molecule has 0 amide bonds. The second-order valence-corrected chi connectivity index (χ2v) is 7.37. The normalized spacial score (nSPS) is 17.7. The van der Waals surface area contributed by atoms with Crippen molar-refractivity contribution in [2.75, 3.05) is 0 Å². The minimum atomic E-state index is -3.73. The number of aliphatic hydroxyl groups is 1. The number of hydrogen-bond donors (Lipinski definition) is 2. The van der Waals surface area contributed by atoms with Crippen LogP contribution in [-0.2, 0) is 10.0 Å². The quantitative estimate of drug-likeness (QED) is 0.731. The summed E-state index contributed by atoms with van der Waals surface area (Å²) >= 11 is 0. The molecular weight excluding hydrogens is 305 g/mol. The lowest BCUT2D eigenvalue weighted by Crippen LogP contribution is -2.48. The van der Waals surface area contributed by atoms with Crippen LogP contribution in [0.25, 0.3) is 0 Å². The van der Waals surface area contributed by atoms with Crippen molar-refractivity contribution in [2.45, 2.75) is 63.2 Å². The molecule has 0 bridgehead atoms. The molecule has 0 saturated heterocycles. The first-order chi connectivity index (χ1) is 10.3. The monoisotopic (exact) mass is 331 g/mol. The van der Waals surface area contributed by atoms with Crippen molar-refractivity contribution < 1.29 is 17.9 Å². The summed E-state index contributed by atoms with van der Waals surface area (Å²) in [5.74, 6) is -0.0995. The molecule has 0 aliphatic carbocycles. The highest BCUT2D eigenvalue weighted by molar-refractivity contribution is 7.89. The molecule has 4 atom stereocenters. The van der Waals surface area contributed by atoms with Gasteiger partial charge < -0.3 is 5.11 Å². The summed E-state index contributed by atoms with van der Waals surface area (Å²) in [4.78, 5) is 0.141. The molecule has 1 aromatic carbocycles. The number of sulfonamides is 1. The Bertz CT molecular complexity index is 536. The number of benzene rings is 1. The molecule has 1 unspecified atom stereocenters. The summed E-state index contributed by atoms with van der Waals surface area (Å²) in [6.07, 6.45) is -1.27. The third-order valence-electron chi connectivity index (χ3n) is 3.96. The highest BCUT2D eigenvalue weighted by Gasteiger charge is 2.30. The first kappa shape index (κ1) is 19.1. The van der Waals surface area contributed by atoms with E-state index in [1.54, 1.807) is 25.1 Å². The van der Waals surface area contributed by atoms with Crippen LogP contribution in [0.2, 0.25) is 0 Å². The third kappa shape index (κ3) is 5.34. The van der Waals surface area contributed by atoms with Gasteiger partial charge in [0.2, 0.25) is 10.0 Å². The van der Waals surface area contributed by atoms with Crippen LogP contribution in [-0.4, -0.2) is 31.8 Å². The smallest absolute Gasteiger partial charge is 0.240 e. The Hall–Kier alpha value is -0.980. The van der Waals surface area contributed by atoms with Crippen molar-refractivity contribution in [1.82, 2.24) is 4.72 Å². The van der Waals surface area contributed by atoms with Gasteiger partial charge in [0.25, 0.3) is 0 Å². The van der Waals surface area contributed by atoms with Gasteiger partial charge >= 0.3 is 0 Å². The number of nitrogens with one attached hydrogen (secondary N) is 1. The van der Waals surface area contributed by atoms with Crippen LogP contribution in [0.1, 0.15) is 40.0 Å². The molecule has 0 heterocycles. The highest BCUT2D eigenvalue weighted by atomic mass is 32.2. The van der Waals surface area contributed by atoms with Crippen molar-refractivity contribution in [3.05, 3.63) is 30.3 Å². The van der Waals surface area contributed by atoms with Crippen molar-refractivity contribution in [3.8, 4) is 0 Å². The zero-order chi connectivity index (χ0) is 16.8. The molecular formula is C16H26FNO3S. The number of alkyl halides is 1. The maximum Gasteiger partial charge on any atom is 0.240 e. The van der Waals surface area contributed by atoms with Crippen LogP contribution in [0.15, 0.2) is 35.2 Å². The number of halogens is 1. The number of rotatable bonds is 9. The van der Waals surface area contributed by atoms with Gasteiger partial charge in [-0.15, -0.1) is 0 Å². The van der Waals surface area contributed by atoms with Gasteiger partial charge in [-0.3, -0.25) is 0 Å². The molecule has 22 heavy (non-hydrogen) atoms. The third-order valence-corrected chi connectivity index (χ3v) is 5.43. The fourth-order valence-corrected chi connectivity index (χ4v) is 3.65. The van der Waals surface area contributed by atoms with Crippen molar-refractivity contribution >= 4 is 10.0 Å². The van der Waals surface area contributed by atoms with Gasteiger partial charge in [0.1, 0.15) is 6.17 Å². The summed E-state index contributed by atoms with van der Waals surface area (Å²) in [6.45, 7) is 5.46. The number of hydrogen-bond acceptors (Lipinski definition) is 3. The van der Waals surface area contributed by atoms with Crippen molar-refractivity contribution in [3.63, 3.8) is 0 Å². The Morgan fingerprint density at radius 1 is 1.18 bits per heavy atom. The zero-order valence-corrected chi connectivity index (χ0v) is 14.2. The second kappa shape index (κ2) is 8.60. The molecule has 0 radical (unpaired) electrons. The van der Waals surface area contributed by atoms with E-state index in [0.29, 0.717) is 12.8 Å². The molecule has 0 spiro atoms. The first-order valence-corrected chi connectivity index (χ1v) is 9.19. The standard InChI is InChI=1S/C16H26FNO3S/c1-4-12(3)16(15(19)11-13(17)5-2)18-22(20,21)14-9-7-6-8-10-14/h6-10,12-13,15-16,18-19H,4-5,11H2,1-3H3/t12-,13?,15-,16-/m0/s1. The second-order valence-electron chi connectivity index (χ2n) is 5.65. The Kier molecular flexibility index (Phi) is 7.45. The Morgan fingerprint density at radius 3 is 2.27 bits per heavy atom. The Morgan fingerprint density at radius 2 is 1.77 bits per heavy atom. The maximum absolute atomic E-state index is 13.5. The fourth-order valence-electron chi connectivity index (χ4n) is 2.25. The van der Waals surface area contributed by atoms with Gasteiger partial charge in [-0.05, 0) is 24.5 Å². The minimum Gasteiger partial charge on any atom is -0.391 e. The van der Waals surface area contributed by atoms with Gasteiger partial charge in [0.05, 0.1) is 17.0 Å².